The molecule has 0 aliphatic heterocycles. The van der Waals surface area contributed by atoms with Crippen molar-refractivity contribution in [3.63, 3.8) is 0 Å². The Balaban J connectivity index is 2.08. The molecule has 2 aromatic rings. The van der Waals surface area contributed by atoms with Gasteiger partial charge >= 0.3 is 0 Å². The molecule has 1 aliphatic carbocycles. The normalized spacial score (nSPS) is 15.6. The fourth-order valence-corrected chi connectivity index (χ4v) is 3.64. The number of benzene rings is 1. The lowest BCUT2D eigenvalue weighted by Crippen LogP contribution is -2.05. The van der Waals surface area contributed by atoms with Crippen molar-refractivity contribution in [2.75, 3.05) is 5.73 Å². The van der Waals surface area contributed by atoms with E-state index in [2.05, 4.69) is 36.8 Å². The number of rotatable bonds is 2. The van der Waals surface area contributed by atoms with Crippen molar-refractivity contribution >= 4 is 49.3 Å². The van der Waals surface area contributed by atoms with E-state index >= 15 is 0 Å². The summed E-state index contributed by atoms with van der Waals surface area (Å²) in [6, 6.07) is 5.69. The molecule has 0 saturated heterocycles. The molecule has 0 spiro atoms. The molecule has 21 heavy (non-hydrogen) atoms. The SMILES string of the molecule is Nc1nc(-c2ccc(Br)c(Cl)c2)nc(C2CCCC2)c1Br. The number of anilines is 1. The van der Waals surface area contributed by atoms with Gasteiger partial charge in [-0.25, -0.2) is 9.97 Å². The number of nitrogens with two attached hydrogens (primary N) is 1. The van der Waals surface area contributed by atoms with Crippen molar-refractivity contribution in [1.82, 2.24) is 9.97 Å². The lowest BCUT2D eigenvalue weighted by Gasteiger charge is -2.14. The first-order chi connectivity index (χ1) is 10.1. The second-order valence-corrected chi connectivity index (χ2v) is 7.30. The van der Waals surface area contributed by atoms with E-state index in [0.717, 1.165) is 33.0 Å². The maximum Gasteiger partial charge on any atom is 0.161 e. The maximum atomic E-state index is 6.16. The van der Waals surface area contributed by atoms with Crippen LogP contribution < -0.4 is 5.73 Å². The monoisotopic (exact) mass is 429 g/mol. The first kappa shape index (κ1) is 15.3. The van der Waals surface area contributed by atoms with Crippen LogP contribution in [0.25, 0.3) is 11.4 Å². The lowest BCUT2D eigenvalue weighted by atomic mass is 10.0. The van der Waals surface area contributed by atoms with Gasteiger partial charge in [0, 0.05) is 16.0 Å². The van der Waals surface area contributed by atoms with Crippen molar-refractivity contribution in [3.05, 3.63) is 37.9 Å². The van der Waals surface area contributed by atoms with E-state index in [-0.39, 0.29) is 0 Å². The van der Waals surface area contributed by atoms with Gasteiger partial charge in [-0.1, -0.05) is 24.4 Å². The van der Waals surface area contributed by atoms with Crippen molar-refractivity contribution in [2.24, 2.45) is 0 Å². The van der Waals surface area contributed by atoms with Crippen LogP contribution in [-0.2, 0) is 0 Å². The van der Waals surface area contributed by atoms with Crippen molar-refractivity contribution in [2.45, 2.75) is 31.6 Å². The van der Waals surface area contributed by atoms with Gasteiger partial charge in [0.2, 0.25) is 0 Å². The molecule has 1 aliphatic rings. The van der Waals surface area contributed by atoms with Gasteiger partial charge in [-0.2, -0.15) is 0 Å². The first-order valence-corrected chi connectivity index (χ1v) is 8.81. The molecule has 3 nitrogen and oxygen atoms in total. The predicted molar refractivity (Wildman–Crippen MR) is 93.5 cm³/mol. The Morgan fingerprint density at radius 2 is 1.86 bits per heavy atom. The summed E-state index contributed by atoms with van der Waals surface area (Å²) in [5.74, 6) is 1.59. The Labute approximate surface area is 145 Å². The molecule has 0 atom stereocenters. The molecular formula is C15H14Br2ClN3. The minimum Gasteiger partial charge on any atom is -0.383 e. The molecule has 2 N–H and O–H groups in total. The second kappa shape index (κ2) is 6.23. The Bertz CT molecular complexity index is 685. The molecule has 0 unspecified atom stereocenters. The van der Waals surface area contributed by atoms with Gasteiger partial charge in [-0.05, 0) is 62.9 Å². The summed E-state index contributed by atoms with van der Waals surface area (Å²) in [5.41, 5.74) is 7.95. The highest BCUT2D eigenvalue weighted by molar-refractivity contribution is 9.11. The van der Waals surface area contributed by atoms with Crippen LogP contribution in [0.4, 0.5) is 5.82 Å². The molecule has 0 amide bonds. The van der Waals surface area contributed by atoms with Crippen molar-refractivity contribution in [3.8, 4) is 11.4 Å². The van der Waals surface area contributed by atoms with Gasteiger partial charge in [0.1, 0.15) is 5.82 Å². The molecule has 0 radical (unpaired) electrons. The summed E-state index contributed by atoms with van der Waals surface area (Å²) in [6.07, 6.45) is 4.83. The van der Waals surface area contributed by atoms with Crippen LogP contribution >= 0.6 is 43.5 Å². The summed E-state index contributed by atoms with van der Waals surface area (Å²) in [7, 11) is 0. The molecule has 0 bridgehead atoms. The van der Waals surface area contributed by atoms with Gasteiger partial charge in [0.05, 0.1) is 15.2 Å². The van der Waals surface area contributed by atoms with Crippen LogP contribution in [-0.4, -0.2) is 9.97 Å². The second-order valence-electron chi connectivity index (χ2n) is 5.24. The topological polar surface area (TPSA) is 51.8 Å². The number of hydrogen-bond donors (Lipinski definition) is 1. The first-order valence-electron chi connectivity index (χ1n) is 6.84. The zero-order valence-electron chi connectivity index (χ0n) is 11.2. The highest BCUT2D eigenvalue weighted by atomic mass is 79.9. The number of aromatic nitrogens is 2. The van der Waals surface area contributed by atoms with E-state index in [4.69, 9.17) is 22.3 Å². The average molecular weight is 432 g/mol. The Hall–Kier alpha value is -0.650. The summed E-state index contributed by atoms with van der Waals surface area (Å²) in [6.45, 7) is 0. The van der Waals surface area contributed by atoms with Crippen LogP contribution in [0.15, 0.2) is 27.1 Å². The molecular weight excluding hydrogens is 417 g/mol. The average Bonchev–Trinajstić information content (AvgIpc) is 2.98. The minimum atomic E-state index is 0.467. The summed E-state index contributed by atoms with van der Waals surface area (Å²) in [4.78, 5) is 9.14. The van der Waals surface area contributed by atoms with Gasteiger partial charge in [0.25, 0.3) is 0 Å². The fraction of sp³-hybridized carbons (Fsp3) is 0.333. The van der Waals surface area contributed by atoms with Gasteiger partial charge in [-0.15, -0.1) is 0 Å². The lowest BCUT2D eigenvalue weighted by molar-refractivity contribution is 0.691. The summed E-state index contributed by atoms with van der Waals surface area (Å²) >= 11 is 13.1. The van der Waals surface area contributed by atoms with Crippen LogP contribution in [0.1, 0.15) is 37.3 Å². The van der Waals surface area contributed by atoms with Crippen LogP contribution in [0.5, 0.6) is 0 Å². The van der Waals surface area contributed by atoms with E-state index < -0.39 is 0 Å². The van der Waals surface area contributed by atoms with E-state index in [1.54, 1.807) is 0 Å². The van der Waals surface area contributed by atoms with E-state index in [1.165, 1.54) is 12.8 Å². The Morgan fingerprint density at radius 1 is 1.14 bits per heavy atom. The van der Waals surface area contributed by atoms with E-state index in [9.17, 15) is 0 Å². The molecule has 1 fully saturated rings. The summed E-state index contributed by atoms with van der Waals surface area (Å²) < 4.78 is 1.69. The number of nitrogens with zero attached hydrogens (tertiary/aromatic N) is 2. The smallest absolute Gasteiger partial charge is 0.161 e. The summed E-state index contributed by atoms with van der Waals surface area (Å²) in [5, 5.41) is 0.639. The van der Waals surface area contributed by atoms with Crippen molar-refractivity contribution < 1.29 is 0 Å². The number of halogens is 3. The largest absolute Gasteiger partial charge is 0.383 e. The third-order valence-corrected chi connectivity index (χ3v) is 5.87. The van der Waals surface area contributed by atoms with Gasteiger partial charge < -0.3 is 5.73 Å². The highest BCUT2D eigenvalue weighted by Gasteiger charge is 2.23. The van der Waals surface area contributed by atoms with Gasteiger partial charge in [0.15, 0.2) is 5.82 Å². The van der Waals surface area contributed by atoms with Crippen LogP contribution in [0, 0.1) is 0 Å². The number of hydrogen-bond acceptors (Lipinski definition) is 3. The Kier molecular flexibility index (Phi) is 4.52. The predicted octanol–water partition coefficient (Wildman–Crippen LogP) is 5.56. The quantitative estimate of drug-likeness (QED) is 0.677. The molecule has 6 heteroatoms. The fourth-order valence-electron chi connectivity index (χ4n) is 2.72. The van der Waals surface area contributed by atoms with Crippen LogP contribution in [0.3, 0.4) is 0 Å². The zero-order chi connectivity index (χ0) is 15.0. The standard InChI is InChI=1S/C15H14Br2ClN3/c16-10-6-5-9(7-11(10)18)15-20-13(8-3-1-2-4-8)12(17)14(19)21-15/h5-8H,1-4H2,(H2,19,20,21). The maximum absolute atomic E-state index is 6.16. The third-order valence-electron chi connectivity index (χ3n) is 3.82. The van der Waals surface area contributed by atoms with Crippen LogP contribution in [0.2, 0.25) is 5.02 Å². The van der Waals surface area contributed by atoms with Crippen molar-refractivity contribution in [1.29, 1.82) is 0 Å². The zero-order valence-corrected chi connectivity index (χ0v) is 15.2. The molecule has 1 saturated carbocycles. The van der Waals surface area contributed by atoms with Gasteiger partial charge in [-0.3, -0.25) is 0 Å². The molecule has 110 valence electrons. The molecule has 1 aromatic heterocycles. The highest BCUT2D eigenvalue weighted by Crippen LogP contribution is 2.39. The number of nitrogen functional groups attached to an aromatic ring is 1. The molecule has 1 aromatic carbocycles. The molecule has 1 heterocycles. The van der Waals surface area contributed by atoms with E-state index in [1.807, 2.05) is 18.2 Å². The Morgan fingerprint density at radius 3 is 2.52 bits per heavy atom. The van der Waals surface area contributed by atoms with E-state index in [0.29, 0.717) is 22.6 Å². The minimum absolute atomic E-state index is 0.467. The molecule has 3 rings (SSSR count). The third kappa shape index (κ3) is 3.10.